The van der Waals surface area contributed by atoms with Gasteiger partial charge in [-0.3, -0.25) is 14.4 Å². The zero-order chi connectivity index (χ0) is 22.6. The molecule has 174 valence electrons. The molecule has 4 saturated carbocycles. The summed E-state index contributed by atoms with van der Waals surface area (Å²) in [6.07, 6.45) is 7.45. The van der Waals surface area contributed by atoms with Crippen molar-refractivity contribution >= 4 is 22.7 Å². The van der Waals surface area contributed by atoms with Crippen molar-refractivity contribution in [2.75, 3.05) is 26.2 Å². The van der Waals surface area contributed by atoms with Gasteiger partial charge in [-0.1, -0.05) is 17.3 Å². The SMILES string of the molecule is O=C(CCn1nnc2ccccc2c1=O)N1CCN(C(=O)C23CC4CC(CC(C4)C2)C3)CC1. The van der Waals surface area contributed by atoms with Gasteiger partial charge in [0.05, 0.1) is 17.3 Å². The highest BCUT2D eigenvalue weighted by Crippen LogP contribution is 2.60. The molecule has 8 heteroatoms. The van der Waals surface area contributed by atoms with E-state index in [9.17, 15) is 14.4 Å². The fourth-order valence-electron chi connectivity index (χ4n) is 7.40. The van der Waals surface area contributed by atoms with Crippen LogP contribution in [0.5, 0.6) is 0 Å². The molecule has 2 heterocycles. The van der Waals surface area contributed by atoms with Crippen LogP contribution in [0.1, 0.15) is 44.9 Å². The number of piperazine rings is 1. The van der Waals surface area contributed by atoms with Crippen LogP contribution < -0.4 is 5.56 Å². The Morgan fingerprint density at radius 3 is 2.18 bits per heavy atom. The molecule has 7 rings (SSSR count). The van der Waals surface area contributed by atoms with Crippen molar-refractivity contribution < 1.29 is 9.59 Å². The lowest BCUT2D eigenvalue weighted by Crippen LogP contribution is -2.58. The van der Waals surface area contributed by atoms with Crippen LogP contribution >= 0.6 is 0 Å². The lowest BCUT2D eigenvalue weighted by atomic mass is 9.49. The van der Waals surface area contributed by atoms with Gasteiger partial charge in [-0.15, -0.1) is 5.10 Å². The molecule has 4 bridgehead atoms. The molecule has 1 aromatic heterocycles. The van der Waals surface area contributed by atoms with Crippen LogP contribution in [0, 0.1) is 23.2 Å². The Morgan fingerprint density at radius 1 is 0.909 bits per heavy atom. The van der Waals surface area contributed by atoms with E-state index < -0.39 is 0 Å². The molecule has 8 nitrogen and oxygen atoms in total. The van der Waals surface area contributed by atoms with Crippen LogP contribution in [0.2, 0.25) is 0 Å². The fourth-order valence-corrected chi connectivity index (χ4v) is 7.40. The van der Waals surface area contributed by atoms with Gasteiger partial charge in [-0.25, -0.2) is 4.68 Å². The number of aryl methyl sites for hydroxylation is 1. The summed E-state index contributed by atoms with van der Waals surface area (Å²) in [7, 11) is 0. The van der Waals surface area contributed by atoms with E-state index in [0.29, 0.717) is 43.0 Å². The molecule has 2 amide bonds. The van der Waals surface area contributed by atoms with Gasteiger partial charge in [-0.05, 0) is 68.4 Å². The van der Waals surface area contributed by atoms with Gasteiger partial charge in [0.1, 0.15) is 5.52 Å². The number of hydrogen-bond acceptors (Lipinski definition) is 5. The largest absolute Gasteiger partial charge is 0.339 e. The highest BCUT2D eigenvalue weighted by molar-refractivity contribution is 5.84. The molecule has 0 spiro atoms. The van der Waals surface area contributed by atoms with Gasteiger partial charge in [-0.2, -0.15) is 0 Å². The maximum atomic E-state index is 13.6. The van der Waals surface area contributed by atoms with E-state index in [2.05, 4.69) is 10.3 Å². The predicted molar refractivity (Wildman–Crippen MR) is 122 cm³/mol. The van der Waals surface area contributed by atoms with Crippen LogP contribution in [0.15, 0.2) is 29.1 Å². The van der Waals surface area contributed by atoms with Crippen molar-refractivity contribution in [3.05, 3.63) is 34.6 Å². The maximum Gasteiger partial charge on any atom is 0.277 e. The summed E-state index contributed by atoms with van der Waals surface area (Å²) in [5.41, 5.74) is 0.223. The number of benzene rings is 1. The number of carbonyl (C=O) groups is 2. The molecule has 0 radical (unpaired) electrons. The predicted octanol–water partition coefficient (Wildman–Crippen LogP) is 2.07. The van der Waals surface area contributed by atoms with Crippen molar-refractivity contribution in [1.82, 2.24) is 24.8 Å². The minimum Gasteiger partial charge on any atom is -0.339 e. The minimum absolute atomic E-state index is 0.00115. The minimum atomic E-state index is -0.223. The molecule has 33 heavy (non-hydrogen) atoms. The molecule has 1 aromatic carbocycles. The van der Waals surface area contributed by atoms with Crippen molar-refractivity contribution in [2.45, 2.75) is 51.5 Å². The second kappa shape index (κ2) is 7.92. The Bertz CT molecular complexity index is 1110. The maximum absolute atomic E-state index is 13.6. The Hall–Kier alpha value is -2.77. The average Bonchev–Trinajstić information content (AvgIpc) is 2.82. The van der Waals surface area contributed by atoms with E-state index in [1.165, 1.54) is 23.9 Å². The summed E-state index contributed by atoms with van der Waals surface area (Å²) < 4.78 is 1.27. The highest BCUT2D eigenvalue weighted by atomic mass is 16.2. The molecule has 2 aromatic rings. The fraction of sp³-hybridized carbons (Fsp3) is 0.640. The third-order valence-electron chi connectivity index (χ3n) is 8.58. The van der Waals surface area contributed by atoms with E-state index in [-0.39, 0.29) is 29.8 Å². The summed E-state index contributed by atoms with van der Waals surface area (Å²) in [5.74, 6) is 2.62. The first-order valence-corrected chi connectivity index (χ1v) is 12.4. The molecular formula is C25H31N5O3. The quantitative estimate of drug-likeness (QED) is 0.713. The Kier molecular flexibility index (Phi) is 4.99. The Balaban J connectivity index is 1.05. The number of nitrogens with zero attached hydrogens (tertiary/aromatic N) is 5. The third-order valence-corrected chi connectivity index (χ3v) is 8.58. The molecule has 1 saturated heterocycles. The van der Waals surface area contributed by atoms with Crippen LogP contribution in [0.4, 0.5) is 0 Å². The zero-order valence-electron chi connectivity index (χ0n) is 19.0. The molecule has 0 N–H and O–H groups in total. The smallest absolute Gasteiger partial charge is 0.277 e. The van der Waals surface area contributed by atoms with E-state index in [1.54, 1.807) is 18.2 Å². The Morgan fingerprint density at radius 2 is 1.52 bits per heavy atom. The molecular weight excluding hydrogens is 418 g/mol. The van der Waals surface area contributed by atoms with E-state index in [0.717, 1.165) is 37.0 Å². The highest BCUT2D eigenvalue weighted by Gasteiger charge is 2.55. The van der Waals surface area contributed by atoms with Gasteiger partial charge in [0, 0.05) is 32.6 Å². The van der Waals surface area contributed by atoms with Crippen LogP contribution in [-0.2, 0) is 16.1 Å². The molecule has 0 unspecified atom stereocenters. The topological polar surface area (TPSA) is 88.4 Å². The van der Waals surface area contributed by atoms with Crippen LogP contribution in [0.25, 0.3) is 10.9 Å². The first-order valence-electron chi connectivity index (χ1n) is 12.4. The molecule has 5 aliphatic rings. The van der Waals surface area contributed by atoms with Crippen molar-refractivity contribution in [2.24, 2.45) is 23.2 Å². The molecule has 4 aliphatic carbocycles. The third kappa shape index (κ3) is 3.63. The average molecular weight is 450 g/mol. The standard InChI is InChI=1S/C25H31N5O3/c31-22(5-6-30-23(32)20-3-1-2-4-21(20)26-27-30)28-7-9-29(10-8-28)24(33)25-14-17-11-18(15-25)13-19(12-17)16-25/h1-4,17-19H,5-16H2. The summed E-state index contributed by atoms with van der Waals surface area (Å²) in [6.45, 7) is 2.57. The van der Waals surface area contributed by atoms with Gasteiger partial charge >= 0.3 is 0 Å². The molecule has 1 aliphatic heterocycles. The van der Waals surface area contributed by atoms with Gasteiger partial charge in [0.15, 0.2) is 0 Å². The van der Waals surface area contributed by atoms with Gasteiger partial charge < -0.3 is 9.80 Å². The number of carbonyl (C=O) groups excluding carboxylic acids is 2. The number of amides is 2. The van der Waals surface area contributed by atoms with Crippen LogP contribution in [-0.4, -0.2) is 62.8 Å². The second-order valence-electron chi connectivity index (χ2n) is 10.8. The summed E-state index contributed by atoms with van der Waals surface area (Å²) >= 11 is 0. The van der Waals surface area contributed by atoms with Crippen molar-refractivity contribution in [3.8, 4) is 0 Å². The Labute approximate surface area is 192 Å². The molecule has 5 fully saturated rings. The second-order valence-corrected chi connectivity index (χ2v) is 10.8. The monoisotopic (exact) mass is 449 g/mol. The van der Waals surface area contributed by atoms with E-state index in [1.807, 2.05) is 15.9 Å². The zero-order valence-corrected chi connectivity index (χ0v) is 19.0. The van der Waals surface area contributed by atoms with Gasteiger partial charge in [0.25, 0.3) is 5.56 Å². The lowest BCUT2D eigenvalue weighted by Gasteiger charge is -2.57. The summed E-state index contributed by atoms with van der Waals surface area (Å²) in [4.78, 5) is 42.8. The summed E-state index contributed by atoms with van der Waals surface area (Å²) in [5, 5.41) is 8.57. The van der Waals surface area contributed by atoms with Crippen LogP contribution in [0.3, 0.4) is 0 Å². The summed E-state index contributed by atoms with van der Waals surface area (Å²) in [6, 6.07) is 7.09. The van der Waals surface area contributed by atoms with Crippen molar-refractivity contribution in [3.63, 3.8) is 0 Å². The number of fused-ring (bicyclic) bond motifs is 1. The lowest BCUT2D eigenvalue weighted by molar-refractivity contribution is -0.160. The normalized spacial score (nSPS) is 30.7. The number of rotatable bonds is 4. The first kappa shape index (κ1) is 20.8. The van der Waals surface area contributed by atoms with Crippen molar-refractivity contribution in [1.29, 1.82) is 0 Å². The first-order chi connectivity index (χ1) is 16.0. The van der Waals surface area contributed by atoms with E-state index in [4.69, 9.17) is 0 Å². The number of hydrogen-bond donors (Lipinski definition) is 0. The molecule has 0 atom stereocenters. The van der Waals surface area contributed by atoms with E-state index >= 15 is 0 Å². The van der Waals surface area contributed by atoms with Gasteiger partial charge in [0.2, 0.25) is 11.8 Å². The number of aromatic nitrogens is 3.